The Labute approximate surface area is 206 Å². The Kier molecular flexibility index (Phi) is 6.17. The predicted molar refractivity (Wildman–Crippen MR) is 124 cm³/mol. The maximum Gasteiger partial charge on any atom is 0.305 e. The first kappa shape index (κ1) is 25.4. The van der Waals surface area contributed by atoms with Gasteiger partial charge in [0.1, 0.15) is 22.8 Å². The van der Waals surface area contributed by atoms with Crippen molar-refractivity contribution in [2.45, 2.75) is 37.3 Å². The van der Waals surface area contributed by atoms with E-state index in [4.69, 9.17) is 5.73 Å². The van der Waals surface area contributed by atoms with E-state index < -0.39 is 64.0 Å². The number of aliphatic hydroxyl groups excluding tert-OH is 2. The monoisotopic (exact) mass is 500 g/mol. The lowest BCUT2D eigenvalue weighted by atomic mass is 9.58. The molecular weight excluding hydrogens is 472 g/mol. The van der Waals surface area contributed by atoms with Crippen molar-refractivity contribution in [3.63, 3.8) is 0 Å². The number of esters is 1. The Morgan fingerprint density at radius 2 is 1.86 bits per heavy atom. The number of Topliss-reactive ketones (excluding diaryl/α,β-unsaturated/α-hetero) is 2. The molecule has 0 bridgehead atoms. The van der Waals surface area contributed by atoms with E-state index in [-0.39, 0.29) is 42.6 Å². The van der Waals surface area contributed by atoms with Crippen LogP contribution in [0.15, 0.2) is 34.8 Å². The standard InChI is InChI=1S/C25H28N2O9/c1-27(2)19-13-9-11-8-12-10(5-7-15(29)36-3)4-6-14(28)17(12)20(30)16(11)22(32)25(13,35)23(33)18(21(19)31)24(26)34/h4,6,11,13,19,28,31-32,35H,5,7-9H2,1-3H3,(H2,26,34)/t11-,13-,19-,25-/m0/s1. The summed E-state index contributed by atoms with van der Waals surface area (Å²) >= 11 is 0. The molecule has 1 aromatic carbocycles. The number of ether oxygens (including phenoxy) is 1. The topological polar surface area (TPSA) is 188 Å². The number of amides is 1. The minimum absolute atomic E-state index is 0.00212. The summed E-state index contributed by atoms with van der Waals surface area (Å²) in [6.07, 6.45) is 0.462. The number of phenolic OH excluding ortho intramolecular Hbond substituents is 1. The molecule has 6 N–H and O–H groups in total. The van der Waals surface area contributed by atoms with Crippen LogP contribution in [0.4, 0.5) is 0 Å². The molecule has 1 aromatic rings. The highest BCUT2D eigenvalue weighted by Crippen LogP contribution is 2.52. The van der Waals surface area contributed by atoms with Crippen LogP contribution in [0.5, 0.6) is 5.75 Å². The number of aliphatic hydroxyl groups is 3. The summed E-state index contributed by atoms with van der Waals surface area (Å²) in [7, 11) is 4.40. The van der Waals surface area contributed by atoms with Gasteiger partial charge in [0.15, 0.2) is 11.4 Å². The van der Waals surface area contributed by atoms with E-state index in [0.717, 1.165) is 0 Å². The van der Waals surface area contributed by atoms with Crippen LogP contribution >= 0.6 is 0 Å². The van der Waals surface area contributed by atoms with Crippen molar-refractivity contribution in [1.82, 2.24) is 4.90 Å². The molecule has 3 aliphatic rings. The maximum absolute atomic E-state index is 13.6. The lowest BCUT2D eigenvalue weighted by molar-refractivity contribution is -0.148. The fourth-order valence-electron chi connectivity index (χ4n) is 5.89. The van der Waals surface area contributed by atoms with E-state index in [1.54, 1.807) is 20.2 Å². The molecule has 0 radical (unpaired) electrons. The van der Waals surface area contributed by atoms with Crippen molar-refractivity contribution in [2.75, 3.05) is 21.2 Å². The number of phenols is 1. The van der Waals surface area contributed by atoms with Crippen LogP contribution in [0.25, 0.3) is 0 Å². The van der Waals surface area contributed by atoms with Gasteiger partial charge in [0.2, 0.25) is 5.78 Å². The Bertz CT molecular complexity index is 1260. The molecule has 0 aromatic heterocycles. The number of benzene rings is 1. The average molecular weight is 501 g/mol. The number of hydrogen-bond donors (Lipinski definition) is 5. The molecule has 1 amide bonds. The zero-order chi connectivity index (χ0) is 26.7. The highest BCUT2D eigenvalue weighted by atomic mass is 16.5. The van der Waals surface area contributed by atoms with Crippen molar-refractivity contribution in [2.24, 2.45) is 17.6 Å². The second-order valence-electron chi connectivity index (χ2n) is 9.64. The molecule has 11 nitrogen and oxygen atoms in total. The minimum atomic E-state index is -2.68. The van der Waals surface area contributed by atoms with Gasteiger partial charge in [0.25, 0.3) is 5.91 Å². The van der Waals surface area contributed by atoms with Crippen molar-refractivity contribution in [1.29, 1.82) is 0 Å². The van der Waals surface area contributed by atoms with Crippen LogP contribution in [-0.4, -0.2) is 81.6 Å². The van der Waals surface area contributed by atoms with Crippen LogP contribution < -0.4 is 5.73 Å². The minimum Gasteiger partial charge on any atom is -0.510 e. The second kappa shape index (κ2) is 8.75. The average Bonchev–Trinajstić information content (AvgIpc) is 2.80. The normalized spacial score (nSPS) is 27.5. The van der Waals surface area contributed by atoms with Gasteiger partial charge in [0, 0.05) is 17.9 Å². The molecule has 4 atom stereocenters. The van der Waals surface area contributed by atoms with Gasteiger partial charge in [-0.2, -0.15) is 0 Å². The fourth-order valence-corrected chi connectivity index (χ4v) is 5.89. The number of nitrogens with two attached hydrogens (primary N) is 1. The Morgan fingerprint density at radius 1 is 1.19 bits per heavy atom. The largest absolute Gasteiger partial charge is 0.510 e. The van der Waals surface area contributed by atoms with Crippen molar-refractivity contribution in [3.05, 3.63) is 51.5 Å². The highest BCUT2D eigenvalue weighted by molar-refractivity contribution is 6.24. The molecule has 192 valence electrons. The molecule has 0 unspecified atom stereocenters. The van der Waals surface area contributed by atoms with Crippen molar-refractivity contribution < 1.29 is 44.3 Å². The third-order valence-corrected chi connectivity index (χ3v) is 7.53. The molecule has 0 fully saturated rings. The van der Waals surface area contributed by atoms with Crippen LogP contribution in [0.2, 0.25) is 0 Å². The summed E-state index contributed by atoms with van der Waals surface area (Å²) in [4.78, 5) is 52.0. The summed E-state index contributed by atoms with van der Waals surface area (Å²) in [5.41, 5.74) is 2.62. The van der Waals surface area contributed by atoms with E-state index in [0.29, 0.717) is 11.1 Å². The number of nitrogens with zero attached hydrogens (tertiary/aromatic N) is 1. The summed E-state index contributed by atoms with van der Waals surface area (Å²) in [6, 6.07) is 1.86. The number of methoxy groups -OCH3 is 1. The SMILES string of the molecule is COC(=O)CCc1ccc(O)c2c1C[C@H]1C[C@H]3[C@H](N(C)C)C(O)=C(C(N)=O)C(=O)[C@@]3(O)C(O)=C1C2=O. The van der Waals surface area contributed by atoms with Crippen LogP contribution in [0, 0.1) is 11.8 Å². The van der Waals surface area contributed by atoms with Crippen LogP contribution in [0.1, 0.15) is 34.3 Å². The zero-order valence-corrected chi connectivity index (χ0v) is 20.1. The summed E-state index contributed by atoms with van der Waals surface area (Å²) < 4.78 is 4.69. The number of aryl methyl sites for hydroxylation is 1. The van der Waals surface area contributed by atoms with Gasteiger partial charge >= 0.3 is 5.97 Å². The van der Waals surface area contributed by atoms with E-state index in [2.05, 4.69) is 4.74 Å². The smallest absolute Gasteiger partial charge is 0.305 e. The molecule has 36 heavy (non-hydrogen) atoms. The van der Waals surface area contributed by atoms with Crippen LogP contribution in [-0.2, 0) is 32.0 Å². The number of rotatable bonds is 5. The maximum atomic E-state index is 13.6. The number of likely N-dealkylation sites (N-methyl/N-ethyl adjacent to an activating group) is 1. The van der Waals surface area contributed by atoms with E-state index in [1.165, 1.54) is 18.1 Å². The first-order valence-corrected chi connectivity index (χ1v) is 11.4. The number of ketones is 2. The zero-order valence-electron chi connectivity index (χ0n) is 20.1. The predicted octanol–water partition coefficient (Wildman–Crippen LogP) is 0.226. The first-order chi connectivity index (χ1) is 16.9. The molecule has 3 aliphatic carbocycles. The second-order valence-corrected chi connectivity index (χ2v) is 9.64. The van der Waals surface area contributed by atoms with E-state index in [9.17, 15) is 39.6 Å². The number of carbonyl (C=O) groups excluding carboxylic acids is 4. The molecule has 11 heteroatoms. The quantitative estimate of drug-likeness (QED) is 0.276. The van der Waals surface area contributed by atoms with Gasteiger partial charge in [0.05, 0.1) is 18.7 Å². The Morgan fingerprint density at radius 3 is 2.44 bits per heavy atom. The summed E-state index contributed by atoms with van der Waals surface area (Å²) in [6.45, 7) is 0. The highest BCUT2D eigenvalue weighted by Gasteiger charge is 2.63. The van der Waals surface area contributed by atoms with Gasteiger partial charge in [-0.1, -0.05) is 6.07 Å². The number of carbonyl (C=O) groups is 4. The van der Waals surface area contributed by atoms with Crippen molar-refractivity contribution in [3.8, 4) is 5.75 Å². The summed E-state index contributed by atoms with van der Waals surface area (Å²) in [5, 5.41) is 44.1. The van der Waals surface area contributed by atoms with Crippen molar-refractivity contribution >= 4 is 23.4 Å². The molecule has 0 heterocycles. The number of fused-ring (bicyclic) bond motifs is 3. The lowest BCUT2D eigenvalue weighted by Crippen LogP contribution is -2.63. The van der Waals surface area contributed by atoms with E-state index in [1.807, 2.05) is 0 Å². The van der Waals surface area contributed by atoms with Gasteiger partial charge in [-0.25, -0.2) is 0 Å². The molecule has 4 rings (SSSR count). The number of hydrogen-bond acceptors (Lipinski definition) is 10. The summed E-state index contributed by atoms with van der Waals surface area (Å²) in [5.74, 6) is -7.42. The van der Waals surface area contributed by atoms with Gasteiger partial charge in [-0.05, 0) is 56.5 Å². The molecule has 0 saturated carbocycles. The molecule has 0 saturated heterocycles. The Balaban J connectivity index is 1.89. The number of aromatic hydroxyl groups is 1. The number of primary amides is 1. The van der Waals surface area contributed by atoms with Gasteiger partial charge in [-0.15, -0.1) is 0 Å². The fraction of sp³-hybridized carbons (Fsp3) is 0.440. The van der Waals surface area contributed by atoms with Crippen LogP contribution in [0.3, 0.4) is 0 Å². The molecular formula is C25H28N2O9. The third-order valence-electron chi connectivity index (χ3n) is 7.53. The van der Waals surface area contributed by atoms with E-state index >= 15 is 0 Å². The van der Waals surface area contributed by atoms with Gasteiger partial charge in [-0.3, -0.25) is 24.1 Å². The number of allylic oxidation sites excluding steroid dienone is 1. The lowest BCUT2D eigenvalue weighted by Gasteiger charge is -2.50. The Hall–Kier alpha value is -3.70. The van der Waals surface area contributed by atoms with Gasteiger partial charge < -0.3 is 30.9 Å². The first-order valence-electron chi connectivity index (χ1n) is 11.4. The molecule has 0 aliphatic heterocycles. The molecule has 0 spiro atoms. The third kappa shape index (κ3) is 3.49.